The zero-order valence-corrected chi connectivity index (χ0v) is 26.7. The lowest BCUT2D eigenvalue weighted by Gasteiger charge is -2.11. The van der Waals surface area contributed by atoms with Gasteiger partial charge in [0.05, 0.1) is 27.1 Å². The van der Waals surface area contributed by atoms with Gasteiger partial charge in [-0.25, -0.2) is 9.97 Å². The minimum absolute atomic E-state index is 0.0330. The number of benzene rings is 2. The minimum atomic E-state index is -0.179. The van der Waals surface area contributed by atoms with Crippen molar-refractivity contribution in [2.24, 2.45) is 7.05 Å². The van der Waals surface area contributed by atoms with Crippen molar-refractivity contribution in [2.45, 2.75) is 49.0 Å². The monoisotopic (exact) mass is 635 g/mol. The molecule has 3 heterocycles. The van der Waals surface area contributed by atoms with Gasteiger partial charge in [0.15, 0.2) is 9.50 Å². The van der Waals surface area contributed by atoms with E-state index in [4.69, 9.17) is 4.98 Å². The van der Waals surface area contributed by atoms with Crippen LogP contribution in [0.25, 0.3) is 20.4 Å². The average Bonchev–Trinajstić information content (AvgIpc) is 3.56. The summed E-state index contributed by atoms with van der Waals surface area (Å²) in [5, 5.41) is 7.23. The molecule has 3 aromatic heterocycles. The number of rotatable bonds is 8. The summed E-state index contributed by atoms with van der Waals surface area (Å²) in [4.78, 5) is 49.9. The van der Waals surface area contributed by atoms with Crippen LogP contribution in [0.1, 0.15) is 34.4 Å². The van der Waals surface area contributed by atoms with Crippen molar-refractivity contribution in [3.63, 3.8) is 0 Å². The molecule has 42 heavy (non-hydrogen) atoms. The number of nitrogens with one attached hydrogen (secondary N) is 2. The van der Waals surface area contributed by atoms with Crippen LogP contribution in [0.2, 0.25) is 0 Å². The highest BCUT2D eigenvalue weighted by Crippen LogP contribution is 2.35. The zero-order chi connectivity index (χ0) is 29.4. The van der Waals surface area contributed by atoms with E-state index in [0.717, 1.165) is 67.3 Å². The van der Waals surface area contributed by atoms with E-state index in [1.165, 1.54) is 45.3 Å². The SMILES string of the molecule is Cc1cccc(NC(=O)CSc2nc3ccc(NC(=O)CSc4nc5sc6c(c5c(=O)n4C)CCCC6)cc3s2)c1C. The number of nitrogens with zero attached hydrogens (tertiary/aromatic N) is 3. The summed E-state index contributed by atoms with van der Waals surface area (Å²) < 4.78 is 3.28. The second kappa shape index (κ2) is 12.2. The minimum Gasteiger partial charge on any atom is -0.325 e. The number of anilines is 2. The van der Waals surface area contributed by atoms with Gasteiger partial charge in [0.2, 0.25) is 11.8 Å². The Balaban J connectivity index is 1.07. The van der Waals surface area contributed by atoms with Crippen molar-refractivity contribution in [2.75, 3.05) is 22.1 Å². The average molecular weight is 636 g/mol. The van der Waals surface area contributed by atoms with E-state index < -0.39 is 0 Å². The molecule has 0 spiro atoms. The number of hydrogen-bond donors (Lipinski definition) is 2. The Hall–Kier alpha value is -3.19. The third-order valence-corrected chi connectivity index (χ3v) is 11.7. The predicted molar refractivity (Wildman–Crippen MR) is 176 cm³/mol. The first-order chi connectivity index (χ1) is 20.3. The molecule has 0 saturated carbocycles. The first-order valence-corrected chi connectivity index (χ1v) is 17.2. The molecule has 216 valence electrons. The van der Waals surface area contributed by atoms with Crippen LogP contribution >= 0.6 is 46.2 Å². The van der Waals surface area contributed by atoms with E-state index in [1.54, 1.807) is 23.0 Å². The highest BCUT2D eigenvalue weighted by atomic mass is 32.2. The fourth-order valence-electron chi connectivity index (χ4n) is 4.97. The van der Waals surface area contributed by atoms with Crippen molar-refractivity contribution < 1.29 is 9.59 Å². The van der Waals surface area contributed by atoms with Crippen LogP contribution in [0.4, 0.5) is 11.4 Å². The maximum atomic E-state index is 13.1. The third-order valence-electron chi connectivity index (χ3n) is 7.35. The number of aryl methyl sites for hydroxylation is 3. The third kappa shape index (κ3) is 5.98. The molecule has 0 atom stereocenters. The zero-order valence-electron chi connectivity index (χ0n) is 23.4. The Morgan fingerprint density at radius 3 is 2.62 bits per heavy atom. The van der Waals surface area contributed by atoms with Crippen molar-refractivity contribution in [3.05, 3.63) is 68.3 Å². The molecule has 0 radical (unpaired) electrons. The largest absolute Gasteiger partial charge is 0.325 e. The Morgan fingerprint density at radius 1 is 0.976 bits per heavy atom. The maximum Gasteiger partial charge on any atom is 0.262 e. The number of hydrogen-bond acceptors (Lipinski definition) is 9. The summed E-state index contributed by atoms with van der Waals surface area (Å²) >= 11 is 5.76. The summed E-state index contributed by atoms with van der Waals surface area (Å²) in [6.45, 7) is 4.02. The lowest BCUT2D eigenvalue weighted by Crippen LogP contribution is -2.21. The molecule has 2 amide bonds. The Bertz CT molecular complexity index is 1910. The van der Waals surface area contributed by atoms with E-state index in [2.05, 4.69) is 15.6 Å². The number of carbonyl (C=O) groups excluding carboxylic acids is 2. The van der Waals surface area contributed by atoms with Gasteiger partial charge in [0, 0.05) is 23.3 Å². The van der Waals surface area contributed by atoms with Crippen LogP contribution < -0.4 is 16.2 Å². The smallest absolute Gasteiger partial charge is 0.262 e. The Labute approximate surface area is 259 Å². The summed E-state index contributed by atoms with van der Waals surface area (Å²) in [5.74, 6) is 0.128. The van der Waals surface area contributed by atoms with Crippen molar-refractivity contribution in [3.8, 4) is 0 Å². The molecule has 6 rings (SSSR count). The molecule has 1 aliphatic rings. The quantitative estimate of drug-likeness (QED) is 0.147. The molecular weight excluding hydrogens is 607 g/mol. The standard InChI is InChI=1S/C30H29N5O3S4/c1-16-7-6-9-20(17(16)2)32-25(37)15-40-30-33-21-12-11-18(13-23(21)42-30)31-24(36)14-39-29-34-27-26(28(38)35(29)3)19-8-4-5-10-22(19)41-27/h6-7,9,11-13H,4-5,8,10,14-15H2,1-3H3,(H,31,36)(H,32,37). The first kappa shape index (κ1) is 28.9. The van der Waals surface area contributed by atoms with Gasteiger partial charge in [0.1, 0.15) is 4.83 Å². The highest BCUT2D eigenvalue weighted by Gasteiger charge is 2.21. The molecule has 0 fully saturated rings. The highest BCUT2D eigenvalue weighted by molar-refractivity contribution is 8.01. The maximum absolute atomic E-state index is 13.1. The number of carbonyl (C=O) groups is 2. The van der Waals surface area contributed by atoms with Gasteiger partial charge in [-0.3, -0.25) is 19.0 Å². The first-order valence-electron chi connectivity index (χ1n) is 13.6. The fourth-order valence-corrected chi connectivity index (χ4v) is 8.95. The topological polar surface area (TPSA) is 106 Å². The van der Waals surface area contributed by atoms with Crippen LogP contribution in [-0.2, 0) is 29.5 Å². The molecule has 2 aromatic carbocycles. The van der Waals surface area contributed by atoms with Gasteiger partial charge in [-0.05, 0) is 80.5 Å². The van der Waals surface area contributed by atoms with Gasteiger partial charge in [-0.2, -0.15) is 0 Å². The van der Waals surface area contributed by atoms with E-state index >= 15 is 0 Å². The van der Waals surface area contributed by atoms with Crippen LogP contribution in [0, 0.1) is 13.8 Å². The molecule has 8 nitrogen and oxygen atoms in total. The van der Waals surface area contributed by atoms with Crippen LogP contribution in [-0.4, -0.2) is 37.9 Å². The molecule has 12 heteroatoms. The number of thiazole rings is 1. The molecule has 0 aliphatic heterocycles. The van der Waals surface area contributed by atoms with E-state index in [1.807, 2.05) is 50.2 Å². The number of amides is 2. The number of aromatic nitrogens is 3. The lowest BCUT2D eigenvalue weighted by molar-refractivity contribution is -0.114. The number of fused-ring (bicyclic) bond motifs is 4. The second-order valence-electron chi connectivity index (χ2n) is 10.2. The molecule has 0 unspecified atom stereocenters. The fraction of sp³-hybridized carbons (Fsp3) is 0.300. The Morgan fingerprint density at radius 2 is 1.76 bits per heavy atom. The molecule has 0 bridgehead atoms. The number of thioether (sulfide) groups is 2. The second-order valence-corrected chi connectivity index (χ2v) is 14.5. The van der Waals surface area contributed by atoms with E-state index in [0.29, 0.717) is 10.8 Å². The van der Waals surface area contributed by atoms with Gasteiger partial charge >= 0.3 is 0 Å². The summed E-state index contributed by atoms with van der Waals surface area (Å²) in [5.41, 5.74) is 5.64. The van der Waals surface area contributed by atoms with Gasteiger partial charge in [-0.15, -0.1) is 22.7 Å². The van der Waals surface area contributed by atoms with E-state index in [9.17, 15) is 14.4 Å². The van der Waals surface area contributed by atoms with Gasteiger partial charge in [0.25, 0.3) is 5.56 Å². The molecule has 2 N–H and O–H groups in total. The molecule has 0 saturated heterocycles. The molecule has 5 aromatic rings. The lowest BCUT2D eigenvalue weighted by atomic mass is 9.97. The van der Waals surface area contributed by atoms with Crippen LogP contribution in [0.5, 0.6) is 0 Å². The number of thiophene rings is 1. The summed E-state index contributed by atoms with van der Waals surface area (Å²) in [6.07, 6.45) is 4.21. The van der Waals surface area contributed by atoms with Crippen molar-refractivity contribution in [1.29, 1.82) is 0 Å². The van der Waals surface area contributed by atoms with Gasteiger partial charge < -0.3 is 10.6 Å². The van der Waals surface area contributed by atoms with Crippen LogP contribution in [0.3, 0.4) is 0 Å². The molecule has 1 aliphatic carbocycles. The Kier molecular flexibility index (Phi) is 8.39. The van der Waals surface area contributed by atoms with Crippen LogP contribution in [0.15, 0.2) is 50.7 Å². The summed E-state index contributed by atoms with van der Waals surface area (Å²) in [6, 6.07) is 11.4. The normalized spacial score (nSPS) is 12.9. The summed E-state index contributed by atoms with van der Waals surface area (Å²) in [7, 11) is 1.72. The predicted octanol–water partition coefficient (Wildman–Crippen LogP) is 6.56. The molecular formula is C30H29N5O3S4. The van der Waals surface area contributed by atoms with Crippen molar-refractivity contribution in [1.82, 2.24) is 14.5 Å². The van der Waals surface area contributed by atoms with E-state index in [-0.39, 0.29) is 28.9 Å². The van der Waals surface area contributed by atoms with Gasteiger partial charge in [-0.1, -0.05) is 35.7 Å². The van der Waals surface area contributed by atoms with Crippen molar-refractivity contribution >= 4 is 89.8 Å².